The van der Waals surface area contributed by atoms with Gasteiger partial charge in [-0.1, -0.05) is 11.6 Å². The van der Waals surface area contributed by atoms with Crippen LogP contribution in [0.5, 0.6) is 5.75 Å². The Morgan fingerprint density at radius 3 is 2.83 bits per heavy atom. The lowest BCUT2D eigenvalue weighted by Crippen LogP contribution is -2.06. The van der Waals surface area contributed by atoms with Crippen LogP contribution in [0, 0.1) is 0 Å². The van der Waals surface area contributed by atoms with Crippen LogP contribution < -0.4 is 10.1 Å². The topological polar surface area (TPSA) is 39.1 Å². The molecule has 0 radical (unpaired) electrons. The third-order valence-corrected chi connectivity index (χ3v) is 3.60. The molecule has 0 saturated heterocycles. The van der Waals surface area contributed by atoms with E-state index < -0.39 is 0 Å². The van der Waals surface area contributed by atoms with E-state index in [1.165, 1.54) is 0 Å². The second kappa shape index (κ2) is 5.63. The van der Waals surface area contributed by atoms with E-state index in [0.29, 0.717) is 11.7 Å². The van der Waals surface area contributed by atoms with Gasteiger partial charge in [0, 0.05) is 12.7 Å². The molecular formula is C12H13BrClN3O. The number of rotatable bonds is 4. The van der Waals surface area contributed by atoms with Gasteiger partial charge in [0.25, 0.3) is 0 Å². The molecule has 0 bridgehead atoms. The highest BCUT2D eigenvalue weighted by Crippen LogP contribution is 2.27. The Kier molecular flexibility index (Phi) is 4.14. The predicted molar refractivity (Wildman–Crippen MR) is 76.2 cm³/mol. The lowest BCUT2D eigenvalue weighted by molar-refractivity contribution is 0.412. The van der Waals surface area contributed by atoms with Gasteiger partial charge >= 0.3 is 0 Å². The fourth-order valence-electron chi connectivity index (χ4n) is 1.55. The van der Waals surface area contributed by atoms with E-state index in [1.54, 1.807) is 13.3 Å². The molecule has 0 aliphatic heterocycles. The highest BCUT2D eigenvalue weighted by molar-refractivity contribution is 9.10. The minimum atomic E-state index is 0.613. The number of hydrogen-bond donors (Lipinski definition) is 1. The van der Waals surface area contributed by atoms with Crippen molar-refractivity contribution in [2.24, 2.45) is 7.05 Å². The van der Waals surface area contributed by atoms with E-state index >= 15 is 0 Å². The second-order valence-corrected chi connectivity index (χ2v) is 5.00. The maximum Gasteiger partial charge on any atom is 0.133 e. The first-order valence-electron chi connectivity index (χ1n) is 5.35. The van der Waals surface area contributed by atoms with Crippen molar-refractivity contribution in [1.29, 1.82) is 0 Å². The van der Waals surface area contributed by atoms with Crippen LogP contribution in [0.4, 0.5) is 5.69 Å². The molecule has 2 aromatic rings. The molecule has 0 unspecified atom stereocenters. The predicted octanol–water partition coefficient (Wildman–Crippen LogP) is 3.46. The maximum atomic E-state index is 5.92. The van der Waals surface area contributed by atoms with Crippen molar-refractivity contribution in [3.63, 3.8) is 0 Å². The third kappa shape index (κ3) is 2.79. The van der Waals surface area contributed by atoms with Crippen LogP contribution in [-0.2, 0) is 13.6 Å². The SMILES string of the molecule is COc1ccc(NCc2ncc(Cl)n2C)cc1Br. The maximum absolute atomic E-state index is 5.92. The van der Waals surface area contributed by atoms with Gasteiger partial charge in [0.1, 0.15) is 16.7 Å². The molecule has 6 heteroatoms. The standard InChI is InChI=1S/C12H13BrClN3O/c1-17-11(14)6-16-12(17)7-15-8-3-4-10(18-2)9(13)5-8/h3-6,15H,7H2,1-2H3. The van der Waals surface area contributed by atoms with E-state index in [9.17, 15) is 0 Å². The quantitative estimate of drug-likeness (QED) is 0.933. The van der Waals surface area contributed by atoms with Crippen molar-refractivity contribution in [3.8, 4) is 5.75 Å². The molecular weight excluding hydrogens is 318 g/mol. The van der Waals surface area contributed by atoms with Gasteiger partial charge in [-0.05, 0) is 34.1 Å². The molecule has 0 aliphatic rings. The lowest BCUT2D eigenvalue weighted by Gasteiger charge is -2.09. The van der Waals surface area contributed by atoms with Gasteiger partial charge in [0.05, 0.1) is 24.3 Å². The second-order valence-electron chi connectivity index (χ2n) is 3.76. The van der Waals surface area contributed by atoms with Crippen molar-refractivity contribution in [2.75, 3.05) is 12.4 Å². The molecule has 0 atom stereocenters. The summed E-state index contributed by atoms with van der Waals surface area (Å²) in [5.74, 6) is 1.69. The highest BCUT2D eigenvalue weighted by atomic mass is 79.9. The minimum absolute atomic E-state index is 0.613. The van der Waals surface area contributed by atoms with Gasteiger partial charge in [0.2, 0.25) is 0 Å². The third-order valence-electron chi connectivity index (χ3n) is 2.63. The van der Waals surface area contributed by atoms with Crippen molar-refractivity contribution in [3.05, 3.63) is 39.8 Å². The number of anilines is 1. The zero-order valence-corrected chi connectivity index (χ0v) is 12.4. The summed E-state index contributed by atoms with van der Waals surface area (Å²) in [5.41, 5.74) is 0.988. The Morgan fingerprint density at radius 2 is 2.28 bits per heavy atom. The van der Waals surface area contributed by atoms with Gasteiger partial charge < -0.3 is 14.6 Å². The molecule has 1 N–H and O–H groups in total. The van der Waals surface area contributed by atoms with Crippen LogP contribution >= 0.6 is 27.5 Å². The fraction of sp³-hybridized carbons (Fsp3) is 0.250. The first-order valence-corrected chi connectivity index (χ1v) is 6.52. The Balaban J connectivity index is 2.06. The highest BCUT2D eigenvalue weighted by Gasteiger charge is 2.05. The molecule has 4 nitrogen and oxygen atoms in total. The fourth-order valence-corrected chi connectivity index (χ4v) is 2.23. The molecule has 1 heterocycles. The smallest absolute Gasteiger partial charge is 0.133 e. The first-order chi connectivity index (χ1) is 8.61. The summed E-state index contributed by atoms with van der Waals surface area (Å²) in [7, 11) is 3.53. The summed E-state index contributed by atoms with van der Waals surface area (Å²) in [6.45, 7) is 0.613. The van der Waals surface area contributed by atoms with Crippen LogP contribution in [-0.4, -0.2) is 16.7 Å². The molecule has 1 aromatic carbocycles. The Hall–Kier alpha value is -1.20. The molecule has 1 aromatic heterocycles. The van der Waals surface area contributed by atoms with Gasteiger partial charge in [-0.2, -0.15) is 0 Å². The number of nitrogens with zero attached hydrogens (tertiary/aromatic N) is 2. The van der Waals surface area contributed by atoms with Crippen LogP contribution in [0.1, 0.15) is 5.82 Å². The zero-order chi connectivity index (χ0) is 13.1. The van der Waals surface area contributed by atoms with Crippen LogP contribution in [0.15, 0.2) is 28.9 Å². The molecule has 96 valence electrons. The van der Waals surface area contributed by atoms with E-state index in [1.807, 2.05) is 29.8 Å². The minimum Gasteiger partial charge on any atom is -0.496 e. The number of aromatic nitrogens is 2. The largest absolute Gasteiger partial charge is 0.496 e. The molecule has 2 rings (SSSR count). The van der Waals surface area contributed by atoms with Gasteiger partial charge in [0.15, 0.2) is 0 Å². The summed E-state index contributed by atoms with van der Waals surface area (Å²) in [4.78, 5) is 4.22. The van der Waals surface area contributed by atoms with E-state index in [4.69, 9.17) is 16.3 Å². The number of benzene rings is 1. The van der Waals surface area contributed by atoms with E-state index in [0.717, 1.165) is 21.7 Å². The van der Waals surface area contributed by atoms with Gasteiger partial charge in [-0.15, -0.1) is 0 Å². The van der Waals surface area contributed by atoms with Gasteiger partial charge in [-0.3, -0.25) is 0 Å². The number of nitrogens with one attached hydrogen (secondary N) is 1. The zero-order valence-electron chi connectivity index (χ0n) is 10.1. The molecule has 0 aliphatic carbocycles. The molecule has 0 saturated carbocycles. The van der Waals surface area contributed by atoms with Crippen LogP contribution in [0.25, 0.3) is 0 Å². The summed E-state index contributed by atoms with van der Waals surface area (Å²) in [6.07, 6.45) is 1.64. The number of ether oxygens (including phenoxy) is 1. The van der Waals surface area contributed by atoms with Crippen molar-refractivity contribution < 1.29 is 4.74 Å². The number of imidazole rings is 1. The average Bonchev–Trinajstić information content (AvgIpc) is 2.68. The van der Waals surface area contributed by atoms with E-state index in [2.05, 4.69) is 26.2 Å². The molecule has 0 fully saturated rings. The van der Waals surface area contributed by atoms with Crippen molar-refractivity contribution >= 4 is 33.2 Å². The Bertz CT molecular complexity index is 556. The van der Waals surface area contributed by atoms with Gasteiger partial charge in [-0.25, -0.2) is 4.98 Å². The van der Waals surface area contributed by atoms with Crippen LogP contribution in [0.2, 0.25) is 5.15 Å². The summed E-state index contributed by atoms with van der Waals surface area (Å²) < 4.78 is 7.93. The number of halogens is 2. The first kappa shape index (κ1) is 13.2. The van der Waals surface area contributed by atoms with Crippen molar-refractivity contribution in [1.82, 2.24) is 9.55 Å². The number of methoxy groups -OCH3 is 1. The lowest BCUT2D eigenvalue weighted by atomic mass is 10.3. The Morgan fingerprint density at radius 1 is 1.50 bits per heavy atom. The van der Waals surface area contributed by atoms with Crippen LogP contribution in [0.3, 0.4) is 0 Å². The summed E-state index contributed by atoms with van der Waals surface area (Å²) in [6, 6.07) is 5.81. The molecule has 0 spiro atoms. The average molecular weight is 331 g/mol. The van der Waals surface area contributed by atoms with Crippen molar-refractivity contribution in [2.45, 2.75) is 6.54 Å². The number of hydrogen-bond acceptors (Lipinski definition) is 3. The normalized spacial score (nSPS) is 10.4. The molecule has 0 amide bonds. The summed E-state index contributed by atoms with van der Waals surface area (Å²) in [5, 5.41) is 3.91. The summed E-state index contributed by atoms with van der Waals surface area (Å²) >= 11 is 9.37. The monoisotopic (exact) mass is 329 g/mol. The molecule has 18 heavy (non-hydrogen) atoms. The van der Waals surface area contributed by atoms with E-state index in [-0.39, 0.29) is 0 Å². The Labute approximate surface area is 119 Å².